The van der Waals surface area contributed by atoms with Crippen LogP contribution in [0.3, 0.4) is 0 Å². The number of thiophene rings is 1. The van der Waals surface area contributed by atoms with Crippen molar-refractivity contribution < 1.29 is 41.8 Å². The minimum absolute atomic E-state index is 0.129. The van der Waals surface area contributed by atoms with Crippen LogP contribution < -0.4 is 0 Å². The van der Waals surface area contributed by atoms with Gasteiger partial charge in [0.05, 0.1) is 26.0 Å². The molecule has 2 aromatic heterocycles. The molecule has 0 atom stereocenters. The van der Waals surface area contributed by atoms with Crippen LogP contribution in [0.4, 0.5) is 22.0 Å². The molecule has 2 heterocycles. The number of thioether (sulfide) groups is 1. The number of aromatic nitrogens is 1. The molecule has 0 amide bonds. The molecule has 3 aromatic rings. The van der Waals surface area contributed by atoms with Gasteiger partial charge in [-0.3, -0.25) is 14.2 Å². The van der Waals surface area contributed by atoms with Gasteiger partial charge in [-0.25, -0.2) is 0 Å². The maximum atomic E-state index is 13.3. The van der Waals surface area contributed by atoms with E-state index in [4.69, 9.17) is 11.6 Å². The van der Waals surface area contributed by atoms with Crippen LogP contribution in [-0.4, -0.2) is 38.1 Å². The molecule has 166 valence electrons. The number of carbonyl (C=O) groups excluding carboxylic acids is 1. The van der Waals surface area contributed by atoms with E-state index >= 15 is 0 Å². The first-order valence-electron chi connectivity index (χ1n) is 8.26. The van der Waals surface area contributed by atoms with Gasteiger partial charge in [0.25, 0.3) is 5.91 Å². The van der Waals surface area contributed by atoms with Gasteiger partial charge >= 0.3 is 17.4 Å². The zero-order valence-corrected chi connectivity index (χ0v) is 17.6. The van der Waals surface area contributed by atoms with Crippen LogP contribution in [0.25, 0.3) is 10.9 Å². The van der Waals surface area contributed by atoms with Crippen LogP contribution >= 0.6 is 34.7 Å². The summed E-state index contributed by atoms with van der Waals surface area (Å²) in [5, 5.41) is 14.0. The predicted molar refractivity (Wildman–Crippen MR) is 106 cm³/mol. The van der Waals surface area contributed by atoms with Crippen molar-refractivity contribution in [2.45, 2.75) is 29.0 Å². The largest absolute Gasteiger partial charge is 0.506 e. The van der Waals surface area contributed by atoms with Crippen molar-refractivity contribution in [2.24, 2.45) is 0 Å². The molecule has 2 N–H and O–H groups in total. The van der Waals surface area contributed by atoms with Crippen LogP contribution in [0, 0.1) is 6.92 Å². The zero-order valence-electron chi connectivity index (χ0n) is 15.3. The number of carboxylic acids is 1. The molecular formula is C18H11ClF5NO4S2. The van der Waals surface area contributed by atoms with E-state index in [1.54, 1.807) is 0 Å². The monoisotopic (exact) mass is 499 g/mol. The zero-order chi connectivity index (χ0) is 23.3. The second kappa shape index (κ2) is 7.99. The van der Waals surface area contributed by atoms with Crippen LogP contribution in [0.2, 0.25) is 5.02 Å². The molecule has 0 spiro atoms. The Morgan fingerprint density at radius 1 is 1.16 bits per heavy atom. The number of alkyl halides is 5. The van der Waals surface area contributed by atoms with E-state index in [0.29, 0.717) is 11.3 Å². The second-order valence-corrected chi connectivity index (χ2v) is 9.18. The Morgan fingerprint density at radius 2 is 1.81 bits per heavy atom. The Bertz CT molecular complexity index is 1200. The number of phenols is 1. The van der Waals surface area contributed by atoms with Gasteiger partial charge in [0.2, 0.25) is 0 Å². The fourth-order valence-corrected chi connectivity index (χ4v) is 5.13. The molecule has 5 nitrogen and oxygen atoms in total. The summed E-state index contributed by atoms with van der Waals surface area (Å²) in [4.78, 5) is 24.2. The molecular weight excluding hydrogens is 489 g/mol. The predicted octanol–water partition coefficient (Wildman–Crippen LogP) is 5.93. The molecule has 0 aliphatic rings. The number of carbonyl (C=O) groups is 2. The lowest BCUT2D eigenvalue weighted by molar-refractivity contribution is -0.237. The number of hydrogen-bond acceptors (Lipinski definition) is 5. The molecule has 0 aliphatic carbocycles. The van der Waals surface area contributed by atoms with Crippen molar-refractivity contribution in [3.05, 3.63) is 45.4 Å². The van der Waals surface area contributed by atoms with Gasteiger partial charge in [0.1, 0.15) is 5.75 Å². The van der Waals surface area contributed by atoms with Gasteiger partial charge in [-0.1, -0.05) is 11.6 Å². The standard InChI is InChI=1S/C18H11ClF5NO4S2/c1-7-8(6-12(27)28)14-9(2-3-10(26)15(14)19)25(7)16(29)11-4-5-13(30-11)31-18(23,24)17(20,21)22/h2-5,26H,6H2,1H3,(H,27,28). The lowest BCUT2D eigenvalue weighted by Crippen LogP contribution is -2.32. The first-order chi connectivity index (χ1) is 14.2. The highest BCUT2D eigenvalue weighted by molar-refractivity contribution is 8.02. The normalized spacial score (nSPS) is 12.5. The first kappa shape index (κ1) is 23.4. The van der Waals surface area contributed by atoms with Gasteiger partial charge in [-0.2, -0.15) is 22.0 Å². The topological polar surface area (TPSA) is 79.5 Å². The van der Waals surface area contributed by atoms with Gasteiger partial charge < -0.3 is 10.2 Å². The Morgan fingerprint density at radius 3 is 2.39 bits per heavy atom. The van der Waals surface area contributed by atoms with E-state index in [0.717, 1.165) is 16.7 Å². The summed E-state index contributed by atoms with van der Waals surface area (Å²) < 4.78 is 64.5. The summed E-state index contributed by atoms with van der Waals surface area (Å²) >= 11 is 5.83. The summed E-state index contributed by atoms with van der Waals surface area (Å²) in [6, 6.07) is 4.60. The fraction of sp³-hybridized carbons (Fsp3) is 0.222. The highest BCUT2D eigenvalue weighted by Gasteiger charge is 2.58. The van der Waals surface area contributed by atoms with Crippen LogP contribution in [-0.2, 0) is 11.2 Å². The number of aromatic hydroxyl groups is 1. The smallest absolute Gasteiger partial charge is 0.464 e. The lowest BCUT2D eigenvalue weighted by Gasteiger charge is -2.17. The minimum atomic E-state index is -5.76. The number of nitrogens with zero attached hydrogens (tertiary/aromatic N) is 1. The third-order valence-electron chi connectivity index (χ3n) is 4.30. The Balaban J connectivity index is 2.08. The average Bonchev–Trinajstić information content (AvgIpc) is 3.19. The van der Waals surface area contributed by atoms with Crippen molar-refractivity contribution in [1.82, 2.24) is 4.57 Å². The Kier molecular flexibility index (Phi) is 6.02. The quantitative estimate of drug-likeness (QED) is 0.336. The number of phenolic OH excluding ortho intramolecular Hbond substituents is 1. The second-order valence-electron chi connectivity index (χ2n) is 6.30. The van der Waals surface area contributed by atoms with E-state index in [-0.39, 0.29) is 37.8 Å². The van der Waals surface area contributed by atoms with Crippen molar-refractivity contribution in [3.63, 3.8) is 0 Å². The Hall–Kier alpha value is -2.31. The summed E-state index contributed by atoms with van der Waals surface area (Å²) in [6.07, 6.45) is -6.28. The number of halogens is 6. The van der Waals surface area contributed by atoms with E-state index in [1.807, 2.05) is 0 Å². The molecule has 0 bridgehead atoms. The fourth-order valence-electron chi connectivity index (χ4n) is 2.94. The van der Waals surface area contributed by atoms with Crippen molar-refractivity contribution >= 4 is 57.5 Å². The number of aliphatic carboxylic acids is 1. The van der Waals surface area contributed by atoms with Gasteiger partial charge in [-0.15, -0.1) is 11.3 Å². The van der Waals surface area contributed by atoms with Gasteiger partial charge in [-0.05, 0) is 48.5 Å². The molecule has 13 heteroatoms. The molecule has 0 radical (unpaired) electrons. The highest BCUT2D eigenvalue weighted by Crippen LogP contribution is 2.49. The molecule has 0 unspecified atom stereocenters. The van der Waals surface area contributed by atoms with Crippen molar-refractivity contribution in [1.29, 1.82) is 0 Å². The van der Waals surface area contributed by atoms with E-state index in [2.05, 4.69) is 0 Å². The third kappa shape index (κ3) is 4.23. The summed E-state index contributed by atoms with van der Waals surface area (Å²) in [7, 11) is 0. The number of hydrogen-bond donors (Lipinski definition) is 2. The number of benzene rings is 1. The van der Waals surface area contributed by atoms with Crippen LogP contribution in [0.1, 0.15) is 20.9 Å². The highest BCUT2D eigenvalue weighted by atomic mass is 35.5. The van der Waals surface area contributed by atoms with E-state index < -0.39 is 45.7 Å². The number of fused-ring (bicyclic) bond motifs is 1. The van der Waals surface area contributed by atoms with Gasteiger partial charge in [0, 0.05) is 11.1 Å². The van der Waals surface area contributed by atoms with E-state index in [1.165, 1.54) is 19.1 Å². The molecule has 3 rings (SSSR count). The summed E-state index contributed by atoms with van der Waals surface area (Å²) in [6.45, 7) is 1.44. The lowest BCUT2D eigenvalue weighted by atomic mass is 10.1. The maximum Gasteiger partial charge on any atom is 0.464 e. The molecule has 0 fully saturated rings. The summed E-state index contributed by atoms with van der Waals surface area (Å²) in [5.74, 6) is -2.33. The summed E-state index contributed by atoms with van der Waals surface area (Å²) in [5.41, 5.74) is 0.495. The van der Waals surface area contributed by atoms with Crippen molar-refractivity contribution in [3.8, 4) is 5.75 Å². The minimum Gasteiger partial charge on any atom is -0.506 e. The number of carboxylic acid groups (broad SMARTS) is 1. The average molecular weight is 500 g/mol. The van der Waals surface area contributed by atoms with E-state index in [9.17, 15) is 41.8 Å². The van der Waals surface area contributed by atoms with Crippen LogP contribution in [0.15, 0.2) is 28.5 Å². The Labute approximate surface area is 184 Å². The first-order valence-corrected chi connectivity index (χ1v) is 10.3. The van der Waals surface area contributed by atoms with Crippen LogP contribution in [0.5, 0.6) is 5.75 Å². The maximum absolute atomic E-state index is 13.3. The molecule has 31 heavy (non-hydrogen) atoms. The molecule has 1 aromatic carbocycles. The third-order valence-corrected chi connectivity index (χ3v) is 6.87. The molecule has 0 aliphatic heterocycles. The van der Waals surface area contributed by atoms with Gasteiger partial charge in [0.15, 0.2) is 0 Å². The van der Waals surface area contributed by atoms with Crippen molar-refractivity contribution in [2.75, 3.05) is 0 Å². The number of rotatable bonds is 5. The SMILES string of the molecule is Cc1c(CC(=O)O)c2c(Cl)c(O)ccc2n1C(=O)c1ccc(SC(F)(F)C(F)(F)F)s1. The molecule has 0 saturated carbocycles. The molecule has 0 saturated heterocycles.